The first-order chi connectivity index (χ1) is 19.5. The molecule has 0 bridgehead atoms. The first-order valence-electron chi connectivity index (χ1n) is 14.0. The van der Waals surface area contributed by atoms with Crippen LogP contribution in [0.1, 0.15) is 43.4 Å². The lowest BCUT2D eigenvalue weighted by atomic mass is 10.0. The topological polar surface area (TPSA) is 78.4 Å². The zero-order valence-electron chi connectivity index (χ0n) is 22.8. The molecule has 1 aliphatic rings. The van der Waals surface area contributed by atoms with Gasteiger partial charge in [0.05, 0.1) is 23.2 Å². The number of carbonyl (C=O) groups excluding carboxylic acids is 1. The molecule has 4 aromatic rings. The van der Waals surface area contributed by atoms with E-state index in [9.17, 15) is 9.90 Å². The molecule has 1 aromatic heterocycles. The number of aliphatic hydroxyl groups excluding tert-OH is 1. The van der Waals surface area contributed by atoms with Gasteiger partial charge in [-0.2, -0.15) is 0 Å². The molecule has 2 N–H and O–H groups in total. The highest BCUT2D eigenvalue weighted by molar-refractivity contribution is 6.30. The van der Waals surface area contributed by atoms with E-state index < -0.39 is 6.10 Å². The van der Waals surface area contributed by atoms with E-state index in [0.29, 0.717) is 24.4 Å². The second-order valence-electron chi connectivity index (χ2n) is 10.4. The van der Waals surface area contributed by atoms with Crippen LogP contribution in [0.5, 0.6) is 0 Å². The molecule has 7 heteroatoms. The number of benzene rings is 3. The fourth-order valence-corrected chi connectivity index (χ4v) is 5.21. The maximum Gasteiger partial charge on any atom is 0.224 e. The minimum atomic E-state index is -0.490. The van der Waals surface area contributed by atoms with E-state index in [2.05, 4.69) is 41.4 Å². The highest BCUT2D eigenvalue weighted by atomic mass is 35.5. The van der Waals surface area contributed by atoms with Crippen LogP contribution in [0.25, 0.3) is 22.5 Å². The fourth-order valence-electron chi connectivity index (χ4n) is 5.09. The van der Waals surface area contributed by atoms with Crippen LogP contribution < -0.4 is 10.2 Å². The molecule has 1 atom stereocenters. The lowest BCUT2D eigenvalue weighted by Crippen LogP contribution is -2.40. The van der Waals surface area contributed by atoms with Crippen molar-refractivity contribution in [2.75, 3.05) is 23.3 Å². The largest absolute Gasteiger partial charge is 0.391 e. The number of aromatic nitrogens is 2. The Kier molecular flexibility index (Phi) is 9.09. The summed E-state index contributed by atoms with van der Waals surface area (Å²) in [4.78, 5) is 24.6. The van der Waals surface area contributed by atoms with Crippen molar-refractivity contribution in [3.8, 4) is 22.5 Å². The van der Waals surface area contributed by atoms with Gasteiger partial charge >= 0.3 is 0 Å². The molecule has 6 nitrogen and oxygen atoms in total. The molecule has 0 radical (unpaired) electrons. The van der Waals surface area contributed by atoms with E-state index in [1.807, 2.05) is 54.6 Å². The number of amides is 1. The van der Waals surface area contributed by atoms with Crippen LogP contribution >= 0.6 is 11.6 Å². The Balaban J connectivity index is 1.27. The highest BCUT2D eigenvalue weighted by Crippen LogP contribution is 2.35. The Bertz CT molecular complexity index is 1430. The van der Waals surface area contributed by atoms with E-state index in [4.69, 9.17) is 21.6 Å². The number of nitrogens with zero attached hydrogens (tertiary/aromatic N) is 3. The van der Waals surface area contributed by atoms with Crippen molar-refractivity contribution in [3.63, 3.8) is 0 Å². The van der Waals surface area contributed by atoms with Gasteiger partial charge in [-0.3, -0.25) is 4.79 Å². The summed E-state index contributed by atoms with van der Waals surface area (Å²) in [5, 5.41) is 14.3. The second kappa shape index (κ2) is 13.1. The molecular weight excluding hydrogens is 520 g/mol. The van der Waals surface area contributed by atoms with Crippen molar-refractivity contribution in [1.82, 2.24) is 9.97 Å². The number of hydrogen-bond donors (Lipinski definition) is 2. The number of anilines is 2. The molecule has 0 aliphatic carbocycles. The van der Waals surface area contributed by atoms with Gasteiger partial charge in [0.25, 0.3) is 0 Å². The number of halogens is 1. The van der Waals surface area contributed by atoms with E-state index in [1.165, 1.54) is 5.56 Å². The highest BCUT2D eigenvalue weighted by Gasteiger charge is 2.28. The summed E-state index contributed by atoms with van der Waals surface area (Å²) in [6, 6.07) is 25.6. The normalized spacial score (nSPS) is 14.6. The molecule has 5 rings (SSSR count). The van der Waals surface area contributed by atoms with Crippen LogP contribution in [0.2, 0.25) is 5.02 Å². The van der Waals surface area contributed by atoms with Crippen molar-refractivity contribution in [1.29, 1.82) is 0 Å². The number of carbonyl (C=O) groups is 1. The summed E-state index contributed by atoms with van der Waals surface area (Å²) < 4.78 is 0. The third kappa shape index (κ3) is 7.06. The Morgan fingerprint density at radius 3 is 2.27 bits per heavy atom. The SMILES string of the molecule is Cc1ccc(-c2nc3c(nc2-c2ccc(Cl)cc2)N(CCCCCCC(=O)Nc2ccccc2)CC(O)C3)cc1. The van der Waals surface area contributed by atoms with E-state index >= 15 is 0 Å². The smallest absolute Gasteiger partial charge is 0.224 e. The van der Waals surface area contributed by atoms with Gasteiger partial charge in [-0.25, -0.2) is 9.97 Å². The van der Waals surface area contributed by atoms with Gasteiger partial charge in [-0.05, 0) is 44.0 Å². The number of nitrogens with one attached hydrogen (secondary N) is 1. The number of unbranched alkanes of at least 4 members (excludes halogenated alkanes) is 3. The van der Waals surface area contributed by atoms with Crippen LogP contribution in [-0.4, -0.2) is 40.2 Å². The van der Waals surface area contributed by atoms with Crippen LogP contribution in [0.4, 0.5) is 11.5 Å². The summed E-state index contributed by atoms with van der Waals surface area (Å²) >= 11 is 6.18. The molecule has 1 aliphatic heterocycles. The molecule has 0 spiro atoms. The quantitative estimate of drug-likeness (QED) is 0.205. The van der Waals surface area contributed by atoms with E-state index in [0.717, 1.165) is 71.9 Å². The lowest BCUT2D eigenvalue weighted by Gasteiger charge is -2.33. The minimum Gasteiger partial charge on any atom is -0.391 e. The molecule has 3 aromatic carbocycles. The Morgan fingerprint density at radius 2 is 1.55 bits per heavy atom. The molecule has 0 fully saturated rings. The molecule has 40 heavy (non-hydrogen) atoms. The monoisotopic (exact) mass is 554 g/mol. The standard InChI is InChI=1S/C33H35ClN4O2/c1-23-12-14-24(15-13-23)31-32(25-16-18-26(34)19-17-25)37-33-29(36-31)21-28(39)22-38(33)20-8-3-2-7-11-30(40)35-27-9-5-4-6-10-27/h4-6,9-10,12-19,28,39H,2-3,7-8,11,20-22H2,1H3,(H,35,40). The number of rotatable bonds is 10. The number of para-hydroxylation sites is 1. The predicted octanol–water partition coefficient (Wildman–Crippen LogP) is 7.09. The molecular formula is C33H35ClN4O2. The number of aryl methyl sites for hydroxylation is 1. The van der Waals surface area contributed by atoms with Gasteiger partial charge in [-0.1, -0.05) is 84.6 Å². The number of aliphatic hydroxyl groups is 1. The van der Waals surface area contributed by atoms with Gasteiger partial charge < -0.3 is 15.3 Å². The summed E-state index contributed by atoms with van der Waals surface area (Å²) in [7, 11) is 0. The molecule has 206 valence electrons. The molecule has 0 saturated carbocycles. The average molecular weight is 555 g/mol. The van der Waals surface area contributed by atoms with Gasteiger partial charge in [0, 0.05) is 47.8 Å². The zero-order chi connectivity index (χ0) is 27.9. The van der Waals surface area contributed by atoms with Crippen molar-refractivity contribution < 1.29 is 9.90 Å². The van der Waals surface area contributed by atoms with Crippen LogP contribution in [0.3, 0.4) is 0 Å². The lowest BCUT2D eigenvalue weighted by molar-refractivity contribution is -0.116. The first kappa shape index (κ1) is 27.8. The van der Waals surface area contributed by atoms with Gasteiger partial charge in [0.2, 0.25) is 5.91 Å². The maximum atomic E-state index is 12.2. The van der Waals surface area contributed by atoms with Crippen LogP contribution in [0.15, 0.2) is 78.9 Å². The number of fused-ring (bicyclic) bond motifs is 1. The van der Waals surface area contributed by atoms with Crippen LogP contribution in [-0.2, 0) is 11.2 Å². The Labute approximate surface area is 241 Å². The maximum absolute atomic E-state index is 12.2. The van der Waals surface area contributed by atoms with Crippen LogP contribution in [0, 0.1) is 6.92 Å². The Morgan fingerprint density at radius 1 is 0.900 bits per heavy atom. The zero-order valence-corrected chi connectivity index (χ0v) is 23.6. The van der Waals surface area contributed by atoms with E-state index in [1.54, 1.807) is 0 Å². The summed E-state index contributed by atoms with van der Waals surface area (Å²) in [6.07, 6.45) is 4.27. The molecule has 2 heterocycles. The van der Waals surface area contributed by atoms with Crippen molar-refractivity contribution in [3.05, 3.63) is 95.1 Å². The second-order valence-corrected chi connectivity index (χ2v) is 10.9. The average Bonchev–Trinajstić information content (AvgIpc) is 2.95. The molecule has 0 saturated heterocycles. The Hall–Kier alpha value is -3.74. The summed E-state index contributed by atoms with van der Waals surface area (Å²) in [5.41, 5.74) is 6.41. The van der Waals surface area contributed by atoms with Gasteiger partial charge in [-0.15, -0.1) is 0 Å². The summed E-state index contributed by atoms with van der Waals surface area (Å²) in [5.74, 6) is 0.891. The van der Waals surface area contributed by atoms with Gasteiger partial charge in [0.15, 0.2) is 5.82 Å². The minimum absolute atomic E-state index is 0.0497. The third-order valence-corrected chi connectivity index (χ3v) is 7.44. The molecule has 1 unspecified atom stereocenters. The third-order valence-electron chi connectivity index (χ3n) is 7.19. The summed E-state index contributed by atoms with van der Waals surface area (Å²) in [6.45, 7) is 3.38. The number of hydrogen-bond acceptors (Lipinski definition) is 5. The van der Waals surface area contributed by atoms with Crippen molar-refractivity contribution in [2.24, 2.45) is 0 Å². The molecule has 1 amide bonds. The number of β-amino-alcohol motifs (C(OH)–C–C–N with tert-alkyl or cyclic N) is 1. The van der Waals surface area contributed by atoms with Gasteiger partial charge in [0.1, 0.15) is 0 Å². The first-order valence-corrected chi connectivity index (χ1v) is 14.4. The predicted molar refractivity (Wildman–Crippen MR) is 163 cm³/mol. The van der Waals surface area contributed by atoms with Crippen molar-refractivity contribution >= 4 is 29.0 Å². The van der Waals surface area contributed by atoms with Crippen molar-refractivity contribution in [2.45, 2.75) is 51.6 Å². The fraction of sp³-hybridized carbons (Fsp3) is 0.303. The van der Waals surface area contributed by atoms with E-state index in [-0.39, 0.29) is 5.91 Å².